The fraction of sp³-hybridized carbons (Fsp3) is 0.250. The van der Waals surface area contributed by atoms with Crippen molar-refractivity contribution in [3.05, 3.63) is 27.1 Å². The highest BCUT2D eigenvalue weighted by Crippen LogP contribution is 2.11. The third-order valence-corrected chi connectivity index (χ3v) is 2.50. The van der Waals surface area contributed by atoms with Gasteiger partial charge in [-0.1, -0.05) is 0 Å². The van der Waals surface area contributed by atoms with E-state index in [1.807, 2.05) is 13.0 Å². The van der Waals surface area contributed by atoms with E-state index in [1.165, 1.54) is 0 Å². The maximum Gasteiger partial charge on any atom is 0.404 e. The fourth-order valence-electron chi connectivity index (χ4n) is 0.856. The molecule has 0 aliphatic carbocycles. The number of aryl methyl sites for hydroxylation is 1. The number of halogens is 1. The second kappa shape index (κ2) is 4.40. The second-order valence-electron chi connectivity index (χ2n) is 2.58. The number of carbonyl (C=O) groups is 1. The quantitative estimate of drug-likeness (QED) is 0.816. The van der Waals surface area contributed by atoms with Crippen LogP contribution >= 0.6 is 22.6 Å². The minimum Gasteiger partial charge on any atom is -0.465 e. The van der Waals surface area contributed by atoms with Gasteiger partial charge in [-0.05, 0) is 35.6 Å². The number of carboxylic acid groups (broad SMARTS) is 1. The van der Waals surface area contributed by atoms with E-state index in [2.05, 4.69) is 32.9 Å². The van der Waals surface area contributed by atoms with Gasteiger partial charge >= 0.3 is 6.09 Å². The van der Waals surface area contributed by atoms with Gasteiger partial charge < -0.3 is 10.4 Å². The third kappa shape index (κ3) is 3.17. The van der Waals surface area contributed by atoms with Crippen molar-refractivity contribution >= 4 is 28.7 Å². The number of nitrogens with one attached hydrogen (secondary N) is 1. The molecule has 0 saturated carbocycles. The molecular weight excluding hydrogens is 283 g/mol. The normalized spacial score (nSPS) is 9.69. The van der Waals surface area contributed by atoms with Gasteiger partial charge in [-0.25, -0.2) is 4.79 Å². The molecule has 0 aliphatic heterocycles. The highest BCUT2D eigenvalue weighted by molar-refractivity contribution is 14.1. The van der Waals surface area contributed by atoms with Crippen molar-refractivity contribution in [1.29, 1.82) is 0 Å². The first kappa shape index (κ1) is 10.2. The number of rotatable bonds is 2. The zero-order valence-corrected chi connectivity index (χ0v) is 9.20. The SMILES string of the molecule is Cc1cc(I)c(CNC(=O)O)cn1. The molecule has 0 unspecified atom stereocenters. The molecule has 0 radical (unpaired) electrons. The Labute approximate surface area is 89.5 Å². The van der Waals surface area contributed by atoms with Gasteiger partial charge in [0.2, 0.25) is 0 Å². The number of nitrogens with zero attached hydrogens (tertiary/aromatic N) is 1. The van der Waals surface area contributed by atoms with Crippen molar-refractivity contribution in [3.63, 3.8) is 0 Å². The minimum atomic E-state index is -1.02. The molecule has 13 heavy (non-hydrogen) atoms. The molecule has 1 aromatic heterocycles. The van der Waals surface area contributed by atoms with Crippen molar-refractivity contribution < 1.29 is 9.90 Å². The van der Waals surface area contributed by atoms with Crippen LogP contribution in [0.25, 0.3) is 0 Å². The van der Waals surface area contributed by atoms with Crippen LogP contribution in [0.5, 0.6) is 0 Å². The topological polar surface area (TPSA) is 62.2 Å². The Bertz CT molecular complexity index is 328. The van der Waals surface area contributed by atoms with Gasteiger partial charge in [-0.3, -0.25) is 4.98 Å². The summed E-state index contributed by atoms with van der Waals surface area (Å²) < 4.78 is 1.03. The molecule has 0 fully saturated rings. The summed E-state index contributed by atoms with van der Waals surface area (Å²) in [5.74, 6) is 0. The van der Waals surface area contributed by atoms with E-state index in [-0.39, 0.29) is 0 Å². The van der Waals surface area contributed by atoms with Crippen molar-refractivity contribution in [2.75, 3.05) is 0 Å². The largest absolute Gasteiger partial charge is 0.465 e. The number of amides is 1. The van der Waals surface area contributed by atoms with Crippen LogP contribution in [0, 0.1) is 10.5 Å². The molecule has 1 heterocycles. The Morgan fingerprint density at radius 2 is 2.46 bits per heavy atom. The molecular formula is C8H9IN2O2. The van der Waals surface area contributed by atoms with Gasteiger partial charge in [0, 0.05) is 27.6 Å². The van der Waals surface area contributed by atoms with Gasteiger partial charge in [0.15, 0.2) is 0 Å². The summed E-state index contributed by atoms with van der Waals surface area (Å²) in [4.78, 5) is 14.3. The van der Waals surface area contributed by atoms with E-state index in [4.69, 9.17) is 5.11 Å². The molecule has 70 valence electrons. The van der Waals surface area contributed by atoms with Gasteiger partial charge in [0.25, 0.3) is 0 Å². The lowest BCUT2D eigenvalue weighted by atomic mass is 10.2. The van der Waals surface area contributed by atoms with Crippen LogP contribution in [-0.4, -0.2) is 16.2 Å². The summed E-state index contributed by atoms with van der Waals surface area (Å²) in [6.07, 6.45) is 0.670. The smallest absolute Gasteiger partial charge is 0.404 e. The van der Waals surface area contributed by atoms with Crippen molar-refractivity contribution in [1.82, 2.24) is 10.3 Å². The molecule has 4 nitrogen and oxygen atoms in total. The van der Waals surface area contributed by atoms with Crippen LogP contribution in [0.1, 0.15) is 11.3 Å². The van der Waals surface area contributed by atoms with Gasteiger partial charge in [-0.2, -0.15) is 0 Å². The van der Waals surface area contributed by atoms with Crippen LogP contribution in [0.2, 0.25) is 0 Å². The molecule has 2 N–H and O–H groups in total. The average molecular weight is 292 g/mol. The van der Waals surface area contributed by atoms with Gasteiger partial charge in [0.05, 0.1) is 0 Å². The van der Waals surface area contributed by atoms with Crippen LogP contribution in [0.4, 0.5) is 4.79 Å². The van der Waals surface area contributed by atoms with Crippen LogP contribution in [-0.2, 0) is 6.54 Å². The Kier molecular flexibility index (Phi) is 3.47. The fourth-order valence-corrected chi connectivity index (χ4v) is 1.64. The average Bonchev–Trinajstić information content (AvgIpc) is 2.02. The predicted octanol–water partition coefficient (Wildman–Crippen LogP) is 1.76. The van der Waals surface area contributed by atoms with Gasteiger partial charge in [0.1, 0.15) is 0 Å². The standard InChI is InChI=1S/C8H9IN2O2/c1-5-2-7(9)6(3-10-5)4-11-8(12)13/h2-3,11H,4H2,1H3,(H,12,13). The molecule has 0 saturated heterocycles. The monoisotopic (exact) mass is 292 g/mol. The molecule has 0 atom stereocenters. The van der Waals surface area contributed by atoms with Crippen molar-refractivity contribution in [3.8, 4) is 0 Å². The zero-order chi connectivity index (χ0) is 9.84. The molecule has 0 aromatic carbocycles. The lowest BCUT2D eigenvalue weighted by Crippen LogP contribution is -2.20. The van der Waals surface area contributed by atoms with Crippen LogP contribution in [0.15, 0.2) is 12.3 Å². The van der Waals surface area contributed by atoms with E-state index < -0.39 is 6.09 Å². The lowest BCUT2D eigenvalue weighted by molar-refractivity contribution is 0.194. The van der Waals surface area contributed by atoms with E-state index in [1.54, 1.807) is 6.20 Å². The Morgan fingerprint density at radius 3 is 3.00 bits per heavy atom. The van der Waals surface area contributed by atoms with E-state index in [0.29, 0.717) is 6.54 Å². The number of hydrogen-bond donors (Lipinski definition) is 2. The Hall–Kier alpha value is -0.850. The minimum absolute atomic E-state index is 0.306. The highest BCUT2D eigenvalue weighted by atomic mass is 127. The maximum absolute atomic E-state index is 10.2. The summed E-state index contributed by atoms with van der Waals surface area (Å²) in [5.41, 5.74) is 1.83. The highest BCUT2D eigenvalue weighted by Gasteiger charge is 2.01. The number of hydrogen-bond acceptors (Lipinski definition) is 2. The third-order valence-electron chi connectivity index (χ3n) is 1.50. The van der Waals surface area contributed by atoms with E-state index >= 15 is 0 Å². The Morgan fingerprint density at radius 1 is 1.77 bits per heavy atom. The lowest BCUT2D eigenvalue weighted by Gasteiger charge is -2.04. The molecule has 0 aliphatic rings. The summed E-state index contributed by atoms with van der Waals surface area (Å²) in [6, 6.07) is 1.92. The van der Waals surface area contributed by atoms with E-state index in [0.717, 1.165) is 14.8 Å². The molecule has 0 spiro atoms. The zero-order valence-electron chi connectivity index (χ0n) is 7.04. The molecule has 0 bridgehead atoms. The second-order valence-corrected chi connectivity index (χ2v) is 3.74. The molecule has 1 aromatic rings. The van der Waals surface area contributed by atoms with Gasteiger partial charge in [-0.15, -0.1) is 0 Å². The Balaban J connectivity index is 2.72. The predicted molar refractivity (Wildman–Crippen MR) is 56.6 cm³/mol. The van der Waals surface area contributed by atoms with Crippen LogP contribution in [0.3, 0.4) is 0 Å². The summed E-state index contributed by atoms with van der Waals surface area (Å²) in [6.45, 7) is 2.21. The van der Waals surface area contributed by atoms with E-state index in [9.17, 15) is 4.79 Å². The van der Waals surface area contributed by atoms with Crippen molar-refractivity contribution in [2.45, 2.75) is 13.5 Å². The first-order valence-electron chi connectivity index (χ1n) is 3.67. The van der Waals surface area contributed by atoms with Crippen molar-refractivity contribution in [2.24, 2.45) is 0 Å². The summed E-state index contributed by atoms with van der Waals surface area (Å²) in [5, 5.41) is 10.7. The first-order chi connectivity index (χ1) is 6.09. The summed E-state index contributed by atoms with van der Waals surface area (Å²) >= 11 is 2.16. The number of pyridine rings is 1. The molecule has 1 amide bonds. The van der Waals surface area contributed by atoms with Crippen LogP contribution < -0.4 is 5.32 Å². The summed E-state index contributed by atoms with van der Waals surface area (Å²) in [7, 11) is 0. The first-order valence-corrected chi connectivity index (χ1v) is 4.75. The molecule has 5 heteroatoms. The number of aromatic nitrogens is 1. The molecule has 1 rings (SSSR count). The maximum atomic E-state index is 10.2.